The van der Waals surface area contributed by atoms with Crippen molar-refractivity contribution in [3.8, 4) is 0 Å². The highest BCUT2D eigenvalue weighted by atomic mass is 79.9. The zero-order valence-corrected chi connectivity index (χ0v) is 18.5. The molecule has 0 bridgehead atoms. The number of nitrogens with one attached hydrogen (secondary N) is 2. The second-order valence-corrected chi connectivity index (χ2v) is 8.80. The predicted octanol–water partition coefficient (Wildman–Crippen LogP) is 3.57. The molecule has 1 aliphatic rings. The van der Waals surface area contributed by atoms with Crippen LogP contribution in [0.5, 0.6) is 0 Å². The molecule has 2 aromatic rings. The third kappa shape index (κ3) is 6.72. The van der Waals surface area contributed by atoms with E-state index in [1.165, 1.54) is 12.0 Å². The molecule has 156 valence electrons. The van der Waals surface area contributed by atoms with Crippen LogP contribution in [0.1, 0.15) is 41.9 Å². The summed E-state index contributed by atoms with van der Waals surface area (Å²) in [6.07, 6.45) is 1.31. The lowest BCUT2D eigenvalue weighted by Gasteiger charge is -2.35. The molecule has 1 aliphatic heterocycles. The van der Waals surface area contributed by atoms with E-state index in [0.717, 1.165) is 37.0 Å². The summed E-state index contributed by atoms with van der Waals surface area (Å²) in [6.45, 7) is 8.26. The first-order valence-corrected chi connectivity index (χ1v) is 10.8. The maximum atomic E-state index is 12.0. The van der Waals surface area contributed by atoms with Crippen LogP contribution in [-0.2, 0) is 17.9 Å². The molecule has 29 heavy (non-hydrogen) atoms. The van der Waals surface area contributed by atoms with Gasteiger partial charge in [-0.3, -0.25) is 14.5 Å². The molecule has 2 amide bonds. The fraction of sp³-hybridized carbons (Fsp3) is 0.455. The van der Waals surface area contributed by atoms with Crippen molar-refractivity contribution in [1.29, 1.82) is 0 Å². The topological polar surface area (TPSA) is 74.6 Å². The highest BCUT2D eigenvalue weighted by molar-refractivity contribution is 9.10. The van der Waals surface area contributed by atoms with Gasteiger partial charge in [0, 0.05) is 26.2 Å². The van der Waals surface area contributed by atoms with Gasteiger partial charge >= 0.3 is 0 Å². The summed E-state index contributed by atoms with van der Waals surface area (Å²) in [5, 5.41) is 5.36. The summed E-state index contributed by atoms with van der Waals surface area (Å²) in [5.41, 5.74) is 2.32. The van der Waals surface area contributed by atoms with Gasteiger partial charge < -0.3 is 15.1 Å². The Kier molecular flexibility index (Phi) is 7.50. The molecule has 0 aliphatic carbocycles. The third-order valence-electron chi connectivity index (χ3n) is 5.07. The van der Waals surface area contributed by atoms with Gasteiger partial charge in [-0.05, 0) is 57.4 Å². The van der Waals surface area contributed by atoms with Gasteiger partial charge in [-0.25, -0.2) is 0 Å². The number of amides is 2. The van der Waals surface area contributed by atoms with Gasteiger partial charge in [0.2, 0.25) is 5.91 Å². The number of nitrogens with zero attached hydrogens (tertiary/aromatic N) is 1. The monoisotopic (exact) mass is 461 g/mol. The van der Waals surface area contributed by atoms with Gasteiger partial charge in [-0.1, -0.05) is 38.1 Å². The minimum absolute atomic E-state index is 0.0967. The van der Waals surface area contributed by atoms with Gasteiger partial charge in [0.05, 0.1) is 6.54 Å². The number of hydrogen-bond acceptors (Lipinski definition) is 4. The van der Waals surface area contributed by atoms with E-state index in [1.807, 2.05) is 12.1 Å². The highest BCUT2D eigenvalue weighted by Crippen LogP contribution is 2.22. The zero-order chi connectivity index (χ0) is 20.8. The van der Waals surface area contributed by atoms with Crippen LogP contribution < -0.4 is 10.6 Å². The van der Waals surface area contributed by atoms with Crippen molar-refractivity contribution in [2.75, 3.05) is 19.6 Å². The Morgan fingerprint density at radius 2 is 1.69 bits per heavy atom. The van der Waals surface area contributed by atoms with E-state index in [-0.39, 0.29) is 18.2 Å². The van der Waals surface area contributed by atoms with Gasteiger partial charge in [0.1, 0.15) is 0 Å². The average molecular weight is 462 g/mol. The number of benzene rings is 1. The molecule has 1 fully saturated rings. The van der Waals surface area contributed by atoms with E-state index in [0.29, 0.717) is 11.2 Å². The van der Waals surface area contributed by atoms with Crippen molar-refractivity contribution < 1.29 is 14.0 Å². The molecule has 7 heteroatoms. The van der Waals surface area contributed by atoms with Crippen LogP contribution in [0.15, 0.2) is 45.5 Å². The Labute approximate surface area is 180 Å². The number of likely N-dealkylation sites (tertiary alicyclic amines) is 1. The Hall–Kier alpha value is -2.12. The number of carbonyl (C=O) groups is 2. The minimum Gasteiger partial charge on any atom is -0.444 e. The van der Waals surface area contributed by atoms with Crippen molar-refractivity contribution in [3.05, 3.63) is 58.0 Å². The zero-order valence-electron chi connectivity index (χ0n) is 16.9. The summed E-state index contributed by atoms with van der Waals surface area (Å²) >= 11 is 3.14. The lowest BCUT2D eigenvalue weighted by molar-refractivity contribution is -0.120. The molecule has 6 nitrogen and oxygen atoms in total. The van der Waals surface area contributed by atoms with E-state index < -0.39 is 5.91 Å². The second-order valence-electron chi connectivity index (χ2n) is 8.02. The summed E-state index contributed by atoms with van der Waals surface area (Å²) in [6, 6.07) is 11.5. The molecule has 1 aromatic carbocycles. The van der Waals surface area contributed by atoms with E-state index in [2.05, 4.69) is 57.4 Å². The maximum absolute atomic E-state index is 12.0. The van der Waals surface area contributed by atoms with Crippen molar-refractivity contribution >= 4 is 27.7 Å². The van der Waals surface area contributed by atoms with E-state index >= 15 is 0 Å². The van der Waals surface area contributed by atoms with Crippen LogP contribution in [0.2, 0.25) is 0 Å². The van der Waals surface area contributed by atoms with E-state index in [9.17, 15) is 9.59 Å². The normalized spacial score (nSPS) is 19.7. The molecule has 3 rings (SSSR count). The lowest BCUT2D eigenvalue weighted by Crippen LogP contribution is -2.38. The van der Waals surface area contributed by atoms with Crippen molar-refractivity contribution in [3.63, 3.8) is 0 Å². The fourth-order valence-corrected chi connectivity index (χ4v) is 4.20. The quantitative estimate of drug-likeness (QED) is 0.660. The molecule has 1 aromatic heterocycles. The molecule has 2 atom stereocenters. The molecule has 0 spiro atoms. The SMILES string of the molecule is CC1CC(C)CN(Cc2ccc(CNC(=O)CNC(=O)c3ccc(Br)o3)cc2)C1. The summed E-state index contributed by atoms with van der Waals surface area (Å²) < 4.78 is 5.63. The van der Waals surface area contributed by atoms with Gasteiger partial charge in [-0.2, -0.15) is 0 Å². The summed E-state index contributed by atoms with van der Waals surface area (Å²) in [5.74, 6) is 1.00. The second kappa shape index (κ2) is 10.1. The van der Waals surface area contributed by atoms with E-state index in [1.54, 1.807) is 12.1 Å². The molecule has 0 saturated carbocycles. The summed E-state index contributed by atoms with van der Waals surface area (Å²) in [4.78, 5) is 26.4. The van der Waals surface area contributed by atoms with Crippen LogP contribution in [0.25, 0.3) is 0 Å². The molecule has 1 saturated heterocycles. The van der Waals surface area contributed by atoms with Crippen molar-refractivity contribution in [2.24, 2.45) is 11.8 Å². The number of furan rings is 1. The summed E-state index contributed by atoms with van der Waals surface area (Å²) in [7, 11) is 0. The van der Waals surface area contributed by atoms with Crippen LogP contribution in [0, 0.1) is 11.8 Å². The number of rotatable bonds is 7. The van der Waals surface area contributed by atoms with Crippen molar-refractivity contribution in [2.45, 2.75) is 33.4 Å². The first kappa shape index (κ1) is 21.6. The maximum Gasteiger partial charge on any atom is 0.287 e. The molecule has 2 unspecified atom stereocenters. The standard InChI is InChI=1S/C22H28BrN3O3/c1-15-9-16(2)13-26(12-15)14-18-5-3-17(4-6-18)10-24-21(27)11-25-22(28)19-7-8-20(23)29-19/h3-8,15-16H,9-14H2,1-2H3,(H,24,27)(H,25,28). The molecular weight excluding hydrogens is 434 g/mol. The van der Waals surface area contributed by atoms with Gasteiger partial charge in [-0.15, -0.1) is 0 Å². The number of halogens is 1. The smallest absolute Gasteiger partial charge is 0.287 e. The Bertz CT molecular complexity index is 824. The van der Waals surface area contributed by atoms with Gasteiger partial charge in [0.15, 0.2) is 10.4 Å². The minimum atomic E-state index is -0.420. The predicted molar refractivity (Wildman–Crippen MR) is 115 cm³/mol. The van der Waals surface area contributed by atoms with Crippen LogP contribution in [0.3, 0.4) is 0 Å². The molecular formula is C22H28BrN3O3. The molecule has 2 heterocycles. The third-order valence-corrected chi connectivity index (χ3v) is 5.50. The Balaban J connectivity index is 1.40. The van der Waals surface area contributed by atoms with Gasteiger partial charge in [0.25, 0.3) is 5.91 Å². The van der Waals surface area contributed by atoms with Crippen LogP contribution in [0.4, 0.5) is 0 Å². The number of piperidine rings is 1. The Morgan fingerprint density at radius 1 is 1.03 bits per heavy atom. The fourth-order valence-electron chi connectivity index (χ4n) is 3.89. The van der Waals surface area contributed by atoms with Crippen LogP contribution >= 0.6 is 15.9 Å². The highest BCUT2D eigenvalue weighted by Gasteiger charge is 2.21. The first-order valence-electron chi connectivity index (χ1n) is 9.99. The number of carbonyl (C=O) groups excluding carboxylic acids is 2. The Morgan fingerprint density at radius 3 is 2.31 bits per heavy atom. The largest absolute Gasteiger partial charge is 0.444 e. The molecule has 0 radical (unpaired) electrons. The van der Waals surface area contributed by atoms with E-state index in [4.69, 9.17) is 4.42 Å². The molecule has 2 N–H and O–H groups in total. The number of hydrogen-bond donors (Lipinski definition) is 2. The van der Waals surface area contributed by atoms with Crippen molar-refractivity contribution in [1.82, 2.24) is 15.5 Å². The van der Waals surface area contributed by atoms with Crippen LogP contribution in [-0.4, -0.2) is 36.3 Å². The lowest BCUT2D eigenvalue weighted by atomic mass is 9.91. The average Bonchev–Trinajstić information content (AvgIpc) is 3.11. The first-order chi connectivity index (χ1) is 13.9.